The van der Waals surface area contributed by atoms with E-state index in [1.165, 1.54) is 43.1 Å². The fourth-order valence-electron chi connectivity index (χ4n) is 3.44. The molecule has 194 valence electrons. The molecule has 3 aromatic rings. The Labute approximate surface area is 212 Å². The van der Waals surface area contributed by atoms with Gasteiger partial charge in [-0.05, 0) is 36.8 Å². The summed E-state index contributed by atoms with van der Waals surface area (Å²) in [5, 5.41) is 14.1. The van der Waals surface area contributed by atoms with E-state index >= 15 is 0 Å². The number of nitrogens with one attached hydrogen (secondary N) is 1. The van der Waals surface area contributed by atoms with Gasteiger partial charge >= 0.3 is 12.3 Å². The van der Waals surface area contributed by atoms with E-state index in [0.717, 1.165) is 36.6 Å². The number of anilines is 3. The van der Waals surface area contributed by atoms with Crippen molar-refractivity contribution >= 4 is 34.1 Å². The SMILES string of the molecule is CCCCCCCCOc1ccc(Nc2nc(-c3ccc(N(C)C(=O)O)nc3)cs2)cc1C(F)(F)F. The third-order valence-corrected chi connectivity index (χ3v) is 6.23. The monoisotopic (exact) mass is 522 g/mol. The number of thiazole rings is 1. The maximum absolute atomic E-state index is 13.7. The predicted molar refractivity (Wildman–Crippen MR) is 135 cm³/mol. The second kappa shape index (κ2) is 12.6. The first kappa shape index (κ1) is 27.3. The van der Waals surface area contributed by atoms with Crippen LogP contribution < -0.4 is 15.0 Å². The Morgan fingerprint density at radius 1 is 1.14 bits per heavy atom. The number of benzene rings is 1. The van der Waals surface area contributed by atoms with E-state index in [9.17, 15) is 18.0 Å². The van der Waals surface area contributed by atoms with Crippen molar-refractivity contribution < 1.29 is 27.8 Å². The Morgan fingerprint density at radius 3 is 2.56 bits per heavy atom. The van der Waals surface area contributed by atoms with Crippen LogP contribution in [0.1, 0.15) is 51.0 Å². The number of ether oxygens (including phenoxy) is 1. The number of alkyl halides is 3. The zero-order valence-corrected chi connectivity index (χ0v) is 21.0. The highest BCUT2D eigenvalue weighted by Gasteiger charge is 2.34. The zero-order valence-electron chi connectivity index (χ0n) is 20.1. The number of rotatable bonds is 12. The van der Waals surface area contributed by atoms with Crippen molar-refractivity contribution in [2.45, 2.75) is 51.6 Å². The first-order valence-corrected chi connectivity index (χ1v) is 12.6. The molecule has 0 aliphatic carbocycles. The van der Waals surface area contributed by atoms with Crippen LogP contribution in [0.25, 0.3) is 11.3 Å². The lowest BCUT2D eigenvalue weighted by Gasteiger charge is -2.15. The van der Waals surface area contributed by atoms with Gasteiger partial charge in [0.15, 0.2) is 5.13 Å². The molecule has 1 aromatic carbocycles. The van der Waals surface area contributed by atoms with Gasteiger partial charge in [0, 0.05) is 29.9 Å². The Balaban J connectivity index is 1.65. The standard InChI is InChI=1S/C25H29F3N4O3S/c1-3-4-5-6-7-8-13-35-21-11-10-18(14-19(21)25(26,27)28)30-23-31-20(16-36-23)17-9-12-22(29-15-17)32(2)24(33)34/h9-12,14-16H,3-8,13H2,1-2H3,(H,30,31)(H,33,34). The van der Waals surface area contributed by atoms with E-state index in [2.05, 4.69) is 22.2 Å². The summed E-state index contributed by atoms with van der Waals surface area (Å²) < 4.78 is 46.5. The van der Waals surface area contributed by atoms with Crippen LogP contribution in [0, 0.1) is 0 Å². The van der Waals surface area contributed by atoms with Crippen LogP contribution in [0.3, 0.4) is 0 Å². The van der Waals surface area contributed by atoms with Crippen LogP contribution >= 0.6 is 11.3 Å². The zero-order chi connectivity index (χ0) is 26.1. The lowest BCUT2D eigenvalue weighted by Crippen LogP contribution is -2.24. The largest absolute Gasteiger partial charge is 0.493 e. The molecule has 0 spiro atoms. The molecule has 0 saturated heterocycles. The van der Waals surface area contributed by atoms with Crippen molar-refractivity contribution in [2.75, 3.05) is 23.9 Å². The molecular weight excluding hydrogens is 493 g/mol. The summed E-state index contributed by atoms with van der Waals surface area (Å²) in [6.07, 6.45) is 1.95. The fraction of sp³-hybridized carbons (Fsp3) is 0.400. The smallest absolute Gasteiger partial charge is 0.420 e. The average molecular weight is 523 g/mol. The maximum atomic E-state index is 13.7. The van der Waals surface area contributed by atoms with Gasteiger partial charge in [0.2, 0.25) is 0 Å². The Bertz CT molecular complexity index is 1140. The van der Waals surface area contributed by atoms with E-state index in [0.29, 0.717) is 22.8 Å². The van der Waals surface area contributed by atoms with Gasteiger partial charge in [-0.3, -0.25) is 4.90 Å². The first-order valence-electron chi connectivity index (χ1n) is 11.7. The van der Waals surface area contributed by atoms with E-state index in [1.807, 2.05) is 0 Å². The third kappa shape index (κ3) is 7.58. The lowest BCUT2D eigenvalue weighted by molar-refractivity contribution is -0.138. The predicted octanol–water partition coefficient (Wildman–Crippen LogP) is 7.82. The van der Waals surface area contributed by atoms with Crippen LogP contribution in [-0.2, 0) is 6.18 Å². The van der Waals surface area contributed by atoms with Crippen molar-refractivity contribution in [3.8, 4) is 17.0 Å². The minimum atomic E-state index is -4.56. The van der Waals surface area contributed by atoms with Gasteiger partial charge < -0.3 is 15.2 Å². The molecule has 0 bridgehead atoms. The number of unbranched alkanes of at least 4 members (excludes halogenated alkanes) is 5. The Morgan fingerprint density at radius 2 is 1.89 bits per heavy atom. The summed E-state index contributed by atoms with van der Waals surface area (Å²) in [5.41, 5.74) is 0.620. The van der Waals surface area contributed by atoms with E-state index < -0.39 is 17.8 Å². The van der Waals surface area contributed by atoms with Crippen molar-refractivity contribution in [2.24, 2.45) is 0 Å². The van der Waals surface area contributed by atoms with Gasteiger partial charge in [-0.1, -0.05) is 39.0 Å². The number of halogens is 3. The highest BCUT2D eigenvalue weighted by molar-refractivity contribution is 7.14. The normalized spacial score (nSPS) is 11.4. The van der Waals surface area contributed by atoms with Crippen LogP contribution in [0.4, 0.5) is 34.6 Å². The number of hydrogen-bond donors (Lipinski definition) is 2. The molecule has 0 aliphatic heterocycles. The van der Waals surface area contributed by atoms with Gasteiger partial charge in [0.25, 0.3) is 0 Å². The molecule has 0 atom stereocenters. The number of aromatic nitrogens is 2. The number of pyridine rings is 1. The van der Waals surface area contributed by atoms with E-state index in [4.69, 9.17) is 9.84 Å². The number of nitrogens with zero attached hydrogens (tertiary/aromatic N) is 3. The molecule has 11 heteroatoms. The summed E-state index contributed by atoms with van der Waals surface area (Å²) in [7, 11) is 1.38. The molecule has 7 nitrogen and oxygen atoms in total. The third-order valence-electron chi connectivity index (χ3n) is 5.47. The van der Waals surface area contributed by atoms with Gasteiger partial charge in [-0.15, -0.1) is 11.3 Å². The topological polar surface area (TPSA) is 87.6 Å². The number of hydrogen-bond acceptors (Lipinski definition) is 6. The molecule has 0 aliphatic rings. The molecule has 1 amide bonds. The Kier molecular flexibility index (Phi) is 9.51. The molecule has 36 heavy (non-hydrogen) atoms. The minimum Gasteiger partial charge on any atom is -0.493 e. The summed E-state index contributed by atoms with van der Waals surface area (Å²) in [6.45, 7) is 2.38. The van der Waals surface area contributed by atoms with Crippen LogP contribution in [0.15, 0.2) is 41.9 Å². The highest BCUT2D eigenvalue weighted by Crippen LogP contribution is 2.39. The molecule has 2 N–H and O–H groups in total. The molecule has 0 saturated carbocycles. The number of carboxylic acid groups (broad SMARTS) is 1. The van der Waals surface area contributed by atoms with E-state index in [1.54, 1.807) is 17.5 Å². The molecule has 3 rings (SSSR count). The van der Waals surface area contributed by atoms with Gasteiger partial charge in [-0.2, -0.15) is 13.2 Å². The van der Waals surface area contributed by atoms with Crippen LogP contribution in [0.5, 0.6) is 5.75 Å². The van der Waals surface area contributed by atoms with Gasteiger partial charge in [0.1, 0.15) is 11.6 Å². The maximum Gasteiger partial charge on any atom is 0.420 e. The van der Waals surface area contributed by atoms with Crippen molar-refractivity contribution in [1.82, 2.24) is 9.97 Å². The van der Waals surface area contributed by atoms with E-state index in [-0.39, 0.29) is 23.9 Å². The van der Waals surface area contributed by atoms with Crippen molar-refractivity contribution in [3.05, 3.63) is 47.5 Å². The number of carbonyl (C=O) groups is 1. The van der Waals surface area contributed by atoms with Crippen LogP contribution in [-0.4, -0.2) is 34.8 Å². The lowest BCUT2D eigenvalue weighted by atomic mass is 10.1. The minimum absolute atomic E-state index is 0.182. The van der Waals surface area contributed by atoms with Gasteiger partial charge in [0.05, 0.1) is 17.9 Å². The molecule has 2 heterocycles. The molecular formula is C25H29F3N4O3S. The number of amides is 1. The molecule has 2 aromatic heterocycles. The summed E-state index contributed by atoms with van der Waals surface area (Å²) in [5.74, 6) is 0.0808. The summed E-state index contributed by atoms with van der Waals surface area (Å²) in [6, 6.07) is 7.12. The highest BCUT2D eigenvalue weighted by atomic mass is 32.1. The average Bonchev–Trinajstić information content (AvgIpc) is 3.31. The second-order valence-corrected chi connectivity index (χ2v) is 9.09. The van der Waals surface area contributed by atoms with Crippen molar-refractivity contribution in [3.63, 3.8) is 0 Å². The Hall–Kier alpha value is -3.34. The first-order chi connectivity index (χ1) is 17.2. The summed E-state index contributed by atoms with van der Waals surface area (Å²) in [4.78, 5) is 20.6. The fourth-order valence-corrected chi connectivity index (χ4v) is 4.18. The summed E-state index contributed by atoms with van der Waals surface area (Å²) >= 11 is 1.23. The quantitative estimate of drug-likeness (QED) is 0.236. The van der Waals surface area contributed by atoms with Crippen molar-refractivity contribution in [1.29, 1.82) is 0 Å². The van der Waals surface area contributed by atoms with Crippen LogP contribution in [0.2, 0.25) is 0 Å². The van der Waals surface area contributed by atoms with Gasteiger partial charge in [-0.25, -0.2) is 14.8 Å². The second-order valence-electron chi connectivity index (χ2n) is 8.23. The molecule has 0 unspecified atom stereocenters. The molecule has 0 radical (unpaired) electrons. The molecule has 0 fully saturated rings.